The maximum atomic E-state index is 13.3. The van der Waals surface area contributed by atoms with Gasteiger partial charge in [-0.3, -0.25) is 0 Å². The normalized spacial score (nSPS) is 11.6. The summed E-state index contributed by atoms with van der Waals surface area (Å²) in [4.78, 5) is 14.7. The van der Waals surface area contributed by atoms with Gasteiger partial charge in [0.1, 0.15) is 0 Å². The van der Waals surface area contributed by atoms with Crippen molar-refractivity contribution in [2.45, 2.75) is 10.4 Å². The number of urea groups is 1. The van der Waals surface area contributed by atoms with Crippen LogP contribution in [0.2, 0.25) is 0 Å². The lowest BCUT2D eigenvalue weighted by molar-refractivity contribution is -0.0328. The van der Waals surface area contributed by atoms with Crippen LogP contribution in [0.15, 0.2) is 47.5 Å². The molecule has 3 N–H and O–H groups in total. The highest BCUT2D eigenvalue weighted by Gasteiger charge is 2.29. The van der Waals surface area contributed by atoms with E-state index in [2.05, 4.69) is 15.6 Å². The zero-order valence-electron chi connectivity index (χ0n) is 12.7. The summed E-state index contributed by atoms with van der Waals surface area (Å²) in [5.41, 5.74) is -3.60. The fourth-order valence-corrected chi connectivity index (χ4v) is 2.78. The summed E-state index contributed by atoms with van der Waals surface area (Å²) < 4.78 is 63.3. The monoisotopic (exact) mass is 387 g/mol. The van der Waals surface area contributed by atoms with Crippen LogP contribution >= 0.6 is 11.8 Å². The molecule has 1 aromatic heterocycles. The Morgan fingerprint density at radius 3 is 2.31 bits per heavy atom. The molecule has 3 rings (SSSR count). The van der Waals surface area contributed by atoms with Crippen LogP contribution in [0.3, 0.4) is 0 Å². The summed E-state index contributed by atoms with van der Waals surface area (Å²) in [6.45, 7) is 0. The molecule has 3 aromatic rings. The molecule has 0 bridgehead atoms. The van der Waals surface area contributed by atoms with E-state index in [0.29, 0.717) is 5.52 Å². The van der Waals surface area contributed by atoms with Crippen LogP contribution in [0.1, 0.15) is 0 Å². The van der Waals surface area contributed by atoms with Crippen molar-refractivity contribution < 1.29 is 26.7 Å². The largest absolute Gasteiger partial charge is 0.446 e. The molecule has 0 saturated heterocycles. The summed E-state index contributed by atoms with van der Waals surface area (Å²) in [6.07, 6.45) is 1.37. The van der Waals surface area contributed by atoms with E-state index in [1.54, 1.807) is 0 Å². The molecule has 2 aromatic carbocycles. The highest BCUT2D eigenvalue weighted by Crippen LogP contribution is 2.37. The molecule has 26 heavy (non-hydrogen) atoms. The van der Waals surface area contributed by atoms with Gasteiger partial charge in [0.15, 0.2) is 11.6 Å². The van der Waals surface area contributed by atoms with E-state index in [9.17, 15) is 26.7 Å². The summed E-state index contributed by atoms with van der Waals surface area (Å²) in [7, 11) is 0. The van der Waals surface area contributed by atoms with Crippen molar-refractivity contribution in [1.29, 1.82) is 0 Å². The number of carbonyl (C=O) groups excluding carboxylic acids is 1. The Morgan fingerprint density at radius 2 is 1.65 bits per heavy atom. The van der Waals surface area contributed by atoms with Gasteiger partial charge < -0.3 is 15.6 Å². The number of nitrogens with one attached hydrogen (secondary N) is 3. The number of rotatable bonds is 3. The zero-order valence-corrected chi connectivity index (χ0v) is 13.6. The van der Waals surface area contributed by atoms with Crippen LogP contribution in [0.4, 0.5) is 38.1 Å². The number of hydrogen-bond acceptors (Lipinski definition) is 2. The molecule has 136 valence electrons. The summed E-state index contributed by atoms with van der Waals surface area (Å²) >= 11 is -0.263. The molecule has 10 heteroatoms. The Hall–Kier alpha value is -2.75. The van der Waals surface area contributed by atoms with Crippen molar-refractivity contribution in [3.63, 3.8) is 0 Å². The molecule has 0 atom stereocenters. The van der Waals surface area contributed by atoms with Crippen LogP contribution in [0, 0.1) is 11.6 Å². The number of H-pyrrole nitrogens is 1. The molecule has 0 radical (unpaired) electrons. The Morgan fingerprint density at radius 1 is 1.00 bits per heavy atom. The second-order valence-electron chi connectivity index (χ2n) is 5.17. The van der Waals surface area contributed by atoms with E-state index in [1.165, 1.54) is 30.5 Å². The fourth-order valence-electron chi connectivity index (χ4n) is 2.24. The van der Waals surface area contributed by atoms with Crippen molar-refractivity contribution in [1.82, 2.24) is 4.98 Å². The van der Waals surface area contributed by atoms with Crippen LogP contribution in [-0.4, -0.2) is 16.5 Å². The predicted molar refractivity (Wildman–Crippen MR) is 89.2 cm³/mol. The number of aromatic nitrogens is 1. The highest BCUT2D eigenvalue weighted by atomic mass is 32.2. The zero-order chi connectivity index (χ0) is 18.9. The number of alkyl halides is 3. The number of anilines is 2. The second-order valence-corrected chi connectivity index (χ2v) is 6.30. The minimum Gasteiger partial charge on any atom is -0.359 e. The average Bonchev–Trinajstić information content (AvgIpc) is 2.90. The van der Waals surface area contributed by atoms with Gasteiger partial charge in [0.05, 0.1) is 11.2 Å². The number of aromatic amines is 1. The first-order chi connectivity index (χ1) is 12.2. The van der Waals surface area contributed by atoms with Gasteiger partial charge in [-0.25, -0.2) is 13.6 Å². The van der Waals surface area contributed by atoms with Crippen molar-refractivity contribution in [2.24, 2.45) is 0 Å². The molecular weight excluding hydrogens is 377 g/mol. The SMILES string of the molecule is O=C(Nc1ccc(SC(F)(F)F)cc1)Nc1c[nH]c2cc(F)c(F)cc12. The molecular formula is C16H10F5N3OS. The van der Waals surface area contributed by atoms with E-state index in [0.717, 1.165) is 12.1 Å². The first-order valence-corrected chi connectivity index (χ1v) is 7.93. The fraction of sp³-hybridized carbons (Fsp3) is 0.0625. The molecule has 0 aliphatic rings. The summed E-state index contributed by atoms with van der Waals surface area (Å²) in [5, 5.41) is 5.17. The summed E-state index contributed by atoms with van der Waals surface area (Å²) in [6, 6.07) is 6.29. The first kappa shape index (κ1) is 18.1. The number of carbonyl (C=O) groups is 1. The van der Waals surface area contributed by atoms with Crippen LogP contribution < -0.4 is 10.6 Å². The lowest BCUT2D eigenvalue weighted by Gasteiger charge is -2.09. The lowest BCUT2D eigenvalue weighted by atomic mass is 10.2. The van der Waals surface area contributed by atoms with Crippen molar-refractivity contribution in [2.75, 3.05) is 10.6 Å². The average molecular weight is 387 g/mol. The van der Waals surface area contributed by atoms with Gasteiger partial charge in [0.25, 0.3) is 0 Å². The second kappa shape index (κ2) is 6.87. The Bertz CT molecular complexity index is 953. The van der Waals surface area contributed by atoms with Gasteiger partial charge in [0.2, 0.25) is 0 Å². The molecule has 0 saturated carbocycles. The molecule has 4 nitrogen and oxygen atoms in total. The van der Waals surface area contributed by atoms with Gasteiger partial charge in [-0.2, -0.15) is 13.2 Å². The highest BCUT2D eigenvalue weighted by molar-refractivity contribution is 8.00. The molecule has 0 aliphatic carbocycles. The quantitative estimate of drug-likeness (QED) is 0.399. The third-order valence-corrected chi connectivity index (χ3v) is 4.06. The van der Waals surface area contributed by atoms with Crippen LogP contribution in [-0.2, 0) is 0 Å². The minimum absolute atomic E-state index is 0.0161. The van der Waals surface area contributed by atoms with Crippen molar-refractivity contribution in [3.8, 4) is 0 Å². The van der Waals surface area contributed by atoms with Crippen LogP contribution in [0.25, 0.3) is 10.9 Å². The maximum Gasteiger partial charge on any atom is 0.446 e. The lowest BCUT2D eigenvalue weighted by Crippen LogP contribution is -2.19. The van der Waals surface area contributed by atoms with E-state index in [1.807, 2.05) is 0 Å². The number of benzene rings is 2. The minimum atomic E-state index is -4.39. The number of amides is 2. The van der Waals surface area contributed by atoms with Gasteiger partial charge in [-0.1, -0.05) is 0 Å². The smallest absolute Gasteiger partial charge is 0.359 e. The van der Waals surface area contributed by atoms with E-state index >= 15 is 0 Å². The number of fused-ring (bicyclic) bond motifs is 1. The Kier molecular flexibility index (Phi) is 4.77. The number of thioether (sulfide) groups is 1. The summed E-state index contributed by atoms with van der Waals surface area (Å²) in [5.74, 6) is -2.08. The number of halogens is 5. The van der Waals surface area contributed by atoms with Gasteiger partial charge >= 0.3 is 11.5 Å². The standard InChI is InChI=1S/C16H10F5N3OS/c17-11-5-10-13(6-12(11)18)22-7-14(10)24-15(25)23-8-1-3-9(4-2-8)26-16(19,20)21/h1-7,22H,(H2,23,24,25). The topological polar surface area (TPSA) is 56.9 Å². The third-order valence-electron chi connectivity index (χ3n) is 3.32. The molecule has 0 spiro atoms. The Labute approximate surface area is 147 Å². The molecule has 0 fully saturated rings. The molecule has 2 amide bonds. The van der Waals surface area contributed by atoms with E-state index in [-0.39, 0.29) is 33.4 Å². The van der Waals surface area contributed by atoms with Crippen molar-refractivity contribution in [3.05, 3.63) is 54.2 Å². The third kappa shape index (κ3) is 4.26. The molecule has 0 unspecified atom stereocenters. The van der Waals surface area contributed by atoms with Gasteiger partial charge in [-0.15, -0.1) is 0 Å². The maximum absolute atomic E-state index is 13.3. The number of hydrogen-bond donors (Lipinski definition) is 3. The van der Waals surface area contributed by atoms with Crippen molar-refractivity contribution >= 4 is 40.1 Å². The predicted octanol–water partition coefficient (Wildman–Crippen LogP) is 5.70. The van der Waals surface area contributed by atoms with E-state index in [4.69, 9.17) is 0 Å². The van der Waals surface area contributed by atoms with Crippen LogP contribution in [0.5, 0.6) is 0 Å². The molecule has 1 heterocycles. The Balaban J connectivity index is 1.68. The molecule has 0 aliphatic heterocycles. The van der Waals surface area contributed by atoms with Gasteiger partial charge in [-0.05, 0) is 42.1 Å². The van der Waals surface area contributed by atoms with E-state index < -0.39 is 23.2 Å². The first-order valence-electron chi connectivity index (χ1n) is 7.11. The van der Waals surface area contributed by atoms with Gasteiger partial charge in [0, 0.05) is 28.2 Å².